The highest BCUT2D eigenvalue weighted by Crippen LogP contribution is 2.29. The van der Waals surface area contributed by atoms with E-state index in [1.54, 1.807) is 25.2 Å². The van der Waals surface area contributed by atoms with Gasteiger partial charge >= 0.3 is 6.03 Å². The molecule has 23 heavy (non-hydrogen) atoms. The Labute approximate surface area is 139 Å². The zero-order chi connectivity index (χ0) is 16.4. The van der Waals surface area contributed by atoms with E-state index in [2.05, 4.69) is 10.3 Å². The van der Waals surface area contributed by atoms with E-state index in [1.807, 2.05) is 24.3 Å². The fraction of sp³-hybridized carbons (Fsp3) is 0.250. The van der Waals surface area contributed by atoms with Gasteiger partial charge in [-0.25, -0.2) is 9.78 Å². The predicted octanol–water partition coefficient (Wildman–Crippen LogP) is 3.30. The van der Waals surface area contributed by atoms with Crippen molar-refractivity contribution in [1.82, 2.24) is 9.88 Å². The molecule has 1 aromatic carbocycles. The molecule has 7 heteroatoms. The largest absolute Gasteiger partial charge is 0.493 e. The summed E-state index contributed by atoms with van der Waals surface area (Å²) in [6, 6.07) is 8.97. The first-order valence-electron chi connectivity index (χ1n) is 7.03. The minimum Gasteiger partial charge on any atom is -0.493 e. The van der Waals surface area contributed by atoms with Crippen LogP contribution in [0.5, 0.6) is 11.5 Å². The van der Waals surface area contributed by atoms with E-state index in [4.69, 9.17) is 21.1 Å². The molecule has 1 aliphatic heterocycles. The van der Waals surface area contributed by atoms with Crippen LogP contribution in [0.2, 0.25) is 5.15 Å². The molecule has 120 valence electrons. The first kappa shape index (κ1) is 15.4. The van der Waals surface area contributed by atoms with Crippen molar-refractivity contribution in [2.24, 2.45) is 0 Å². The first-order valence-corrected chi connectivity index (χ1v) is 7.40. The third kappa shape index (κ3) is 3.17. The maximum absolute atomic E-state index is 12.2. The zero-order valence-electron chi connectivity index (χ0n) is 12.8. The number of urea groups is 1. The number of pyridine rings is 1. The summed E-state index contributed by atoms with van der Waals surface area (Å²) in [7, 11) is 3.17. The number of fused-ring (bicyclic) bond motifs is 1. The van der Waals surface area contributed by atoms with Gasteiger partial charge in [-0.1, -0.05) is 23.7 Å². The molecule has 1 N–H and O–H groups in total. The van der Waals surface area contributed by atoms with E-state index >= 15 is 0 Å². The molecule has 0 radical (unpaired) electrons. The molecular weight excluding hydrogens is 318 g/mol. The van der Waals surface area contributed by atoms with Crippen LogP contribution < -0.4 is 14.8 Å². The highest BCUT2D eigenvalue weighted by atomic mass is 35.5. The molecule has 2 heterocycles. The maximum atomic E-state index is 12.2. The Bertz CT molecular complexity index is 751. The fourth-order valence-electron chi connectivity index (χ4n) is 2.48. The summed E-state index contributed by atoms with van der Waals surface area (Å²) in [5.41, 5.74) is 1.87. The van der Waals surface area contributed by atoms with E-state index in [9.17, 15) is 4.79 Å². The zero-order valence-corrected chi connectivity index (χ0v) is 13.6. The Balaban J connectivity index is 1.81. The Morgan fingerprint density at radius 2 is 2.00 bits per heavy atom. The van der Waals surface area contributed by atoms with Gasteiger partial charge in [0.25, 0.3) is 0 Å². The van der Waals surface area contributed by atoms with Crippen molar-refractivity contribution in [3.8, 4) is 11.5 Å². The van der Waals surface area contributed by atoms with Crippen LogP contribution in [0.15, 0.2) is 30.3 Å². The SMILES string of the molecule is COc1ccc(CN2Cc3ccc(Cl)nc3NC2=O)cc1OC. The number of ether oxygens (including phenoxy) is 2. The van der Waals surface area contributed by atoms with Gasteiger partial charge in [0.05, 0.1) is 20.8 Å². The van der Waals surface area contributed by atoms with Gasteiger partial charge in [-0.3, -0.25) is 5.32 Å². The van der Waals surface area contributed by atoms with Gasteiger partial charge in [0.1, 0.15) is 11.0 Å². The van der Waals surface area contributed by atoms with Gasteiger partial charge in [0, 0.05) is 12.1 Å². The van der Waals surface area contributed by atoms with Gasteiger partial charge < -0.3 is 14.4 Å². The molecule has 0 saturated heterocycles. The van der Waals surface area contributed by atoms with Crippen molar-refractivity contribution in [3.05, 3.63) is 46.6 Å². The lowest BCUT2D eigenvalue weighted by atomic mass is 10.1. The number of hydrogen-bond acceptors (Lipinski definition) is 4. The second kappa shape index (κ2) is 6.34. The maximum Gasteiger partial charge on any atom is 0.323 e. The monoisotopic (exact) mass is 333 g/mol. The summed E-state index contributed by atoms with van der Waals surface area (Å²) in [6.45, 7) is 0.925. The number of nitrogens with zero attached hydrogens (tertiary/aromatic N) is 2. The molecule has 0 saturated carbocycles. The van der Waals surface area contributed by atoms with E-state index in [1.165, 1.54) is 0 Å². The van der Waals surface area contributed by atoms with Crippen LogP contribution >= 0.6 is 11.6 Å². The van der Waals surface area contributed by atoms with Crippen LogP contribution in [-0.2, 0) is 13.1 Å². The average molecular weight is 334 g/mol. The number of anilines is 1. The highest BCUT2D eigenvalue weighted by Gasteiger charge is 2.24. The molecule has 0 aliphatic carbocycles. The number of carbonyl (C=O) groups excluding carboxylic acids is 1. The number of hydrogen-bond donors (Lipinski definition) is 1. The minimum atomic E-state index is -0.206. The number of aromatic nitrogens is 1. The Hall–Kier alpha value is -2.47. The van der Waals surface area contributed by atoms with Crippen molar-refractivity contribution in [3.63, 3.8) is 0 Å². The number of amides is 2. The average Bonchev–Trinajstić information content (AvgIpc) is 2.55. The Morgan fingerprint density at radius 3 is 2.74 bits per heavy atom. The van der Waals surface area contributed by atoms with Crippen LogP contribution in [0.1, 0.15) is 11.1 Å². The molecular formula is C16H16ClN3O3. The molecule has 0 atom stereocenters. The van der Waals surface area contributed by atoms with Crippen LogP contribution in [0.3, 0.4) is 0 Å². The second-order valence-corrected chi connectivity index (χ2v) is 5.50. The summed E-state index contributed by atoms with van der Waals surface area (Å²) in [4.78, 5) is 18.0. The molecule has 2 amide bonds. The van der Waals surface area contributed by atoms with Gasteiger partial charge in [-0.05, 0) is 23.8 Å². The van der Waals surface area contributed by atoms with Crippen LogP contribution in [-0.4, -0.2) is 30.1 Å². The number of rotatable bonds is 4. The molecule has 1 aliphatic rings. The lowest BCUT2D eigenvalue weighted by Gasteiger charge is -2.29. The Kier molecular flexibility index (Phi) is 4.25. The predicted molar refractivity (Wildman–Crippen MR) is 87.1 cm³/mol. The topological polar surface area (TPSA) is 63.7 Å². The van der Waals surface area contributed by atoms with Gasteiger partial charge in [0.2, 0.25) is 0 Å². The normalized spacial score (nSPS) is 13.3. The van der Waals surface area contributed by atoms with Crippen LogP contribution in [0.4, 0.5) is 10.6 Å². The molecule has 2 aromatic rings. The Morgan fingerprint density at radius 1 is 1.22 bits per heavy atom. The molecule has 0 fully saturated rings. The third-order valence-electron chi connectivity index (χ3n) is 3.64. The number of carbonyl (C=O) groups is 1. The molecule has 3 rings (SSSR count). The number of benzene rings is 1. The highest BCUT2D eigenvalue weighted by molar-refractivity contribution is 6.29. The summed E-state index contributed by atoms with van der Waals surface area (Å²) in [6.07, 6.45) is 0. The molecule has 0 spiro atoms. The first-order chi connectivity index (χ1) is 11.1. The van der Waals surface area contributed by atoms with Gasteiger partial charge in [-0.2, -0.15) is 0 Å². The molecule has 1 aromatic heterocycles. The van der Waals surface area contributed by atoms with Crippen molar-refractivity contribution in [2.75, 3.05) is 19.5 Å². The number of methoxy groups -OCH3 is 2. The van der Waals surface area contributed by atoms with Crippen LogP contribution in [0, 0.1) is 0 Å². The van der Waals surface area contributed by atoms with E-state index in [-0.39, 0.29) is 6.03 Å². The summed E-state index contributed by atoms with van der Waals surface area (Å²) >= 11 is 5.85. The molecule has 0 unspecified atom stereocenters. The van der Waals surface area contributed by atoms with Crippen LogP contribution in [0.25, 0.3) is 0 Å². The summed E-state index contributed by atoms with van der Waals surface area (Å²) in [5, 5.41) is 3.12. The van der Waals surface area contributed by atoms with Gasteiger partial charge in [0.15, 0.2) is 11.5 Å². The third-order valence-corrected chi connectivity index (χ3v) is 3.85. The van der Waals surface area contributed by atoms with E-state index in [0.717, 1.165) is 11.1 Å². The molecule has 0 bridgehead atoms. The van der Waals surface area contributed by atoms with E-state index < -0.39 is 0 Å². The lowest BCUT2D eigenvalue weighted by Crippen LogP contribution is -2.38. The minimum absolute atomic E-state index is 0.206. The quantitative estimate of drug-likeness (QED) is 0.872. The van der Waals surface area contributed by atoms with E-state index in [0.29, 0.717) is 35.6 Å². The van der Waals surface area contributed by atoms with Gasteiger partial charge in [-0.15, -0.1) is 0 Å². The van der Waals surface area contributed by atoms with Crippen molar-refractivity contribution >= 4 is 23.4 Å². The summed E-state index contributed by atoms with van der Waals surface area (Å²) in [5.74, 6) is 1.81. The van der Waals surface area contributed by atoms with Crippen molar-refractivity contribution < 1.29 is 14.3 Å². The second-order valence-electron chi connectivity index (χ2n) is 5.12. The fourth-order valence-corrected chi connectivity index (χ4v) is 2.63. The van der Waals surface area contributed by atoms with Crippen molar-refractivity contribution in [1.29, 1.82) is 0 Å². The number of halogens is 1. The number of nitrogens with one attached hydrogen (secondary N) is 1. The summed E-state index contributed by atoms with van der Waals surface area (Å²) < 4.78 is 10.5. The van der Waals surface area contributed by atoms with Crippen molar-refractivity contribution in [2.45, 2.75) is 13.1 Å². The lowest BCUT2D eigenvalue weighted by molar-refractivity contribution is 0.203. The molecule has 6 nitrogen and oxygen atoms in total. The standard InChI is InChI=1S/C16H16ClN3O3/c1-22-12-5-3-10(7-13(12)23-2)8-20-9-11-4-6-14(17)18-15(11)19-16(20)21/h3-7H,8-9H2,1-2H3,(H,18,19,21). The smallest absolute Gasteiger partial charge is 0.323 e.